The van der Waals surface area contributed by atoms with Crippen LogP contribution >= 0.6 is 0 Å². The van der Waals surface area contributed by atoms with E-state index in [1.54, 1.807) is 0 Å². The van der Waals surface area contributed by atoms with Crippen LogP contribution in [-0.4, -0.2) is 112 Å². The first-order valence-corrected chi connectivity index (χ1v) is 19.4. The SMILES string of the molecule is C#Cc1c(F)ccc2cc(O)cc(-c3nc4c5c(nc(OC[C@@]67CCCN6[C@H](COC(C(F)(F)F)(C(F)(F)F)C(F)(F)F)CC7)nc5c3F)N3C[C@@H](C)N[C@@H](CC)[C@H]3CO4)c12. The van der Waals surface area contributed by atoms with Crippen LogP contribution < -0.4 is 19.7 Å². The molecule has 5 atom stereocenters. The molecule has 0 saturated carbocycles. The van der Waals surface area contributed by atoms with Crippen molar-refractivity contribution in [3.05, 3.63) is 41.5 Å². The number of rotatable bonds is 8. The van der Waals surface area contributed by atoms with Crippen LogP contribution in [-0.2, 0) is 4.74 Å². The highest BCUT2D eigenvalue weighted by Crippen LogP contribution is 2.56. The van der Waals surface area contributed by atoms with Gasteiger partial charge in [-0.15, -0.1) is 6.42 Å². The predicted molar refractivity (Wildman–Crippen MR) is 197 cm³/mol. The number of halogens is 11. The van der Waals surface area contributed by atoms with Crippen molar-refractivity contribution in [3.8, 4) is 41.2 Å². The van der Waals surface area contributed by atoms with Gasteiger partial charge in [-0.3, -0.25) is 4.90 Å². The van der Waals surface area contributed by atoms with E-state index >= 15 is 8.78 Å². The Morgan fingerprint density at radius 2 is 1.72 bits per heavy atom. The standard InChI is InChI=1S/C40H37F11N6O4/c1-4-23-25(41)8-7-20-13-22(58)14-24(28(20)23)31-30(42)32-29-33(56-15-19(3)52-26(5-2)27(56)17-59-34(29)53-31)55-35(54-32)60-18-36-10-6-12-57(36)21(9-11-36)16-61-37(38(43,44)45,39(46,47)48)40(49,50)51/h1,7-8,13-14,19,21,26-27,52,58H,5-6,9-12,15-18H2,2-3H3/t19-,21+,26+,27-,36+/m1/s1. The molecule has 6 heterocycles. The number of nitrogens with one attached hydrogen (secondary N) is 1. The monoisotopic (exact) mass is 874 g/mol. The summed E-state index contributed by atoms with van der Waals surface area (Å²) in [5.74, 6) is 0.214. The molecule has 0 spiro atoms. The highest BCUT2D eigenvalue weighted by atomic mass is 19.4. The maximum absolute atomic E-state index is 17.3. The normalized spacial score (nSPS) is 24.7. The molecular weight excluding hydrogens is 837 g/mol. The fourth-order valence-corrected chi connectivity index (χ4v) is 9.53. The Hall–Kier alpha value is -4.94. The van der Waals surface area contributed by atoms with E-state index in [1.165, 1.54) is 23.1 Å². The summed E-state index contributed by atoms with van der Waals surface area (Å²) in [5, 5.41) is 14.6. The summed E-state index contributed by atoms with van der Waals surface area (Å²) < 4.78 is 172. The Balaban J connectivity index is 1.20. The molecular formula is C40H37F11N6O4. The average Bonchev–Trinajstić information content (AvgIpc) is 3.70. The number of alkyl halides is 9. The number of pyridine rings is 1. The van der Waals surface area contributed by atoms with Crippen LogP contribution in [0.15, 0.2) is 24.3 Å². The summed E-state index contributed by atoms with van der Waals surface area (Å²) in [7, 11) is 0. The van der Waals surface area contributed by atoms with Gasteiger partial charge in [0.2, 0.25) is 5.88 Å². The number of benzene rings is 2. The van der Waals surface area contributed by atoms with Crippen LogP contribution in [0.2, 0.25) is 0 Å². The van der Waals surface area contributed by atoms with Gasteiger partial charge in [-0.2, -0.15) is 49.5 Å². The number of nitrogens with zero attached hydrogens (tertiary/aromatic N) is 5. The highest BCUT2D eigenvalue weighted by molar-refractivity contribution is 6.04. The van der Waals surface area contributed by atoms with Crippen molar-refractivity contribution < 1.29 is 67.6 Å². The van der Waals surface area contributed by atoms with E-state index in [1.807, 2.05) is 18.7 Å². The van der Waals surface area contributed by atoms with E-state index < -0.39 is 59.6 Å². The molecule has 328 valence electrons. The Labute approximate surface area is 340 Å². The third-order valence-electron chi connectivity index (χ3n) is 12.3. The lowest BCUT2D eigenvalue weighted by Gasteiger charge is -2.44. The fraction of sp³-hybridized carbons (Fsp3) is 0.525. The summed E-state index contributed by atoms with van der Waals surface area (Å²) in [5.41, 5.74) is -8.58. The highest BCUT2D eigenvalue weighted by Gasteiger charge is 2.85. The van der Waals surface area contributed by atoms with E-state index in [2.05, 4.69) is 25.9 Å². The molecule has 0 amide bonds. The first-order chi connectivity index (χ1) is 28.6. The molecule has 2 aromatic heterocycles. The van der Waals surface area contributed by atoms with Gasteiger partial charge in [0, 0.05) is 35.6 Å². The van der Waals surface area contributed by atoms with Gasteiger partial charge < -0.3 is 29.5 Å². The number of terminal acetylenes is 1. The molecule has 10 nitrogen and oxygen atoms in total. The number of fused-ring (bicyclic) bond motifs is 4. The maximum atomic E-state index is 17.3. The van der Waals surface area contributed by atoms with E-state index in [4.69, 9.17) is 20.9 Å². The summed E-state index contributed by atoms with van der Waals surface area (Å²) in [6.07, 6.45) is -13.7. The van der Waals surface area contributed by atoms with Crippen molar-refractivity contribution in [2.75, 3.05) is 37.8 Å². The molecule has 0 aliphatic carbocycles. The maximum Gasteiger partial charge on any atom is 0.435 e. The lowest BCUT2D eigenvalue weighted by molar-refractivity contribution is -0.458. The van der Waals surface area contributed by atoms with Gasteiger partial charge in [0.25, 0.3) is 0 Å². The molecule has 0 unspecified atom stereocenters. The topological polar surface area (TPSA) is 105 Å². The summed E-state index contributed by atoms with van der Waals surface area (Å²) in [6, 6.07) is 2.65. The largest absolute Gasteiger partial charge is 0.508 e. The van der Waals surface area contributed by atoms with Gasteiger partial charge in [0.15, 0.2) is 5.82 Å². The molecule has 2 N–H and O–H groups in total. The van der Waals surface area contributed by atoms with Crippen LogP contribution in [0.1, 0.15) is 51.5 Å². The molecule has 61 heavy (non-hydrogen) atoms. The first kappa shape index (κ1) is 42.7. The number of phenolic OH excluding ortho intramolecular Hbond substituents is 1. The van der Waals surface area contributed by atoms with Crippen LogP contribution in [0.3, 0.4) is 0 Å². The van der Waals surface area contributed by atoms with Crippen molar-refractivity contribution >= 4 is 27.5 Å². The number of aromatic hydroxyl groups is 1. The summed E-state index contributed by atoms with van der Waals surface area (Å²) in [4.78, 5) is 17.1. The molecule has 4 aliphatic rings. The zero-order valence-corrected chi connectivity index (χ0v) is 32.3. The van der Waals surface area contributed by atoms with Crippen LogP contribution in [0, 0.1) is 24.0 Å². The number of phenols is 1. The van der Waals surface area contributed by atoms with Crippen molar-refractivity contribution in [2.24, 2.45) is 0 Å². The van der Waals surface area contributed by atoms with Crippen molar-refractivity contribution in [3.63, 3.8) is 0 Å². The number of anilines is 1. The van der Waals surface area contributed by atoms with Crippen molar-refractivity contribution in [2.45, 2.75) is 99.8 Å². The number of aromatic nitrogens is 3. The second-order valence-electron chi connectivity index (χ2n) is 15.9. The fourth-order valence-electron chi connectivity index (χ4n) is 9.53. The minimum Gasteiger partial charge on any atom is -0.508 e. The summed E-state index contributed by atoms with van der Waals surface area (Å²) >= 11 is 0. The van der Waals surface area contributed by atoms with Gasteiger partial charge in [0.1, 0.15) is 47.2 Å². The molecule has 0 bridgehead atoms. The Morgan fingerprint density at radius 1 is 1.00 bits per heavy atom. The van der Waals surface area contributed by atoms with Gasteiger partial charge >= 0.3 is 30.1 Å². The third-order valence-corrected chi connectivity index (χ3v) is 12.3. The van der Waals surface area contributed by atoms with E-state index in [0.717, 1.165) is 6.07 Å². The number of ether oxygens (including phenoxy) is 3. The van der Waals surface area contributed by atoms with E-state index in [9.17, 15) is 44.6 Å². The molecule has 2 aromatic carbocycles. The quantitative estimate of drug-likeness (QED) is 0.134. The zero-order valence-electron chi connectivity index (χ0n) is 32.3. The third kappa shape index (κ3) is 6.79. The van der Waals surface area contributed by atoms with E-state index in [0.29, 0.717) is 25.8 Å². The van der Waals surface area contributed by atoms with Gasteiger partial charge in [-0.25, -0.2) is 13.8 Å². The Kier molecular flexibility index (Phi) is 10.4. The van der Waals surface area contributed by atoms with Crippen LogP contribution in [0.4, 0.5) is 54.1 Å². The second kappa shape index (κ2) is 14.9. The number of hydrogen-bond acceptors (Lipinski definition) is 10. The summed E-state index contributed by atoms with van der Waals surface area (Å²) in [6.45, 7) is 2.52. The molecule has 8 rings (SSSR count). The average molecular weight is 875 g/mol. The Morgan fingerprint density at radius 3 is 2.39 bits per heavy atom. The lowest BCUT2D eigenvalue weighted by Crippen LogP contribution is -2.68. The number of piperazine rings is 1. The van der Waals surface area contributed by atoms with Crippen molar-refractivity contribution in [1.82, 2.24) is 25.2 Å². The van der Waals surface area contributed by atoms with Crippen LogP contribution in [0.25, 0.3) is 32.9 Å². The molecule has 0 radical (unpaired) electrons. The van der Waals surface area contributed by atoms with Gasteiger partial charge in [0.05, 0.1) is 23.8 Å². The predicted octanol–water partition coefficient (Wildman–Crippen LogP) is 7.97. The van der Waals surface area contributed by atoms with E-state index in [-0.39, 0.29) is 107 Å². The molecule has 4 aliphatic heterocycles. The minimum absolute atomic E-state index is 0.0444. The molecule has 4 aromatic rings. The van der Waals surface area contributed by atoms with Gasteiger partial charge in [-0.05, 0) is 69.2 Å². The first-order valence-electron chi connectivity index (χ1n) is 19.4. The molecule has 21 heteroatoms. The minimum atomic E-state index is -6.87. The van der Waals surface area contributed by atoms with Crippen molar-refractivity contribution in [1.29, 1.82) is 0 Å². The lowest BCUT2D eigenvalue weighted by atomic mass is 9.95. The van der Waals surface area contributed by atoms with Gasteiger partial charge in [-0.1, -0.05) is 18.9 Å². The smallest absolute Gasteiger partial charge is 0.435 e. The second-order valence-corrected chi connectivity index (χ2v) is 15.9. The molecule has 3 fully saturated rings. The number of hydrogen-bond donors (Lipinski definition) is 2. The molecule has 3 saturated heterocycles. The van der Waals surface area contributed by atoms with Crippen LogP contribution in [0.5, 0.6) is 17.6 Å². The zero-order chi connectivity index (χ0) is 44.0. The Bertz CT molecular complexity index is 2390.